The van der Waals surface area contributed by atoms with Gasteiger partial charge >= 0.3 is 5.97 Å². The molecular weight excluding hydrogens is 499 g/mol. The molecule has 0 radical (unpaired) electrons. The van der Waals surface area contributed by atoms with Gasteiger partial charge in [0.15, 0.2) is 5.75 Å². The number of nitriles is 1. The lowest BCUT2D eigenvalue weighted by molar-refractivity contribution is -0.112. The van der Waals surface area contributed by atoms with Gasteiger partial charge in [0.2, 0.25) is 0 Å². The molecule has 1 amide bonds. The zero-order valence-corrected chi connectivity index (χ0v) is 20.0. The van der Waals surface area contributed by atoms with Crippen LogP contribution >= 0.6 is 34.8 Å². The van der Waals surface area contributed by atoms with Crippen molar-refractivity contribution in [3.8, 4) is 11.8 Å². The van der Waals surface area contributed by atoms with E-state index in [2.05, 4.69) is 5.32 Å². The van der Waals surface area contributed by atoms with Gasteiger partial charge in [0.1, 0.15) is 18.2 Å². The highest BCUT2D eigenvalue weighted by molar-refractivity contribution is 6.37. The first-order valence-corrected chi connectivity index (χ1v) is 10.9. The maximum Gasteiger partial charge on any atom is 0.335 e. The van der Waals surface area contributed by atoms with Crippen molar-refractivity contribution in [3.63, 3.8) is 0 Å². The second kappa shape index (κ2) is 11.1. The minimum atomic E-state index is -1.02. The van der Waals surface area contributed by atoms with Crippen LogP contribution < -0.4 is 10.1 Å². The lowest BCUT2D eigenvalue weighted by atomic mass is 10.1. The number of carbonyl (C=O) groups excluding carboxylic acids is 1. The average molecular weight is 516 g/mol. The number of rotatable bonds is 7. The summed E-state index contributed by atoms with van der Waals surface area (Å²) in [5.41, 5.74) is 2.48. The van der Waals surface area contributed by atoms with Gasteiger partial charge in [-0.15, -0.1) is 0 Å². The number of nitrogens with one attached hydrogen (secondary N) is 1. The van der Waals surface area contributed by atoms with E-state index in [0.29, 0.717) is 16.3 Å². The Hall–Kier alpha value is -3.50. The van der Waals surface area contributed by atoms with Crippen LogP contribution in [0.3, 0.4) is 0 Å². The topological polar surface area (TPSA) is 99.4 Å². The standard InChI is InChI=1S/C25H17Cl3N2O4/c1-14-2-7-19(11-20(14)26)30-24(31)18(12-29)8-16-9-21(27)23(22(28)10-16)34-13-15-3-5-17(6-4-15)25(32)33/h2-11H,13H2,1H3,(H,30,31)(H,32,33)/b18-8-. The fraction of sp³-hybridized carbons (Fsp3) is 0.0800. The first-order chi connectivity index (χ1) is 16.2. The Morgan fingerprint density at radius 2 is 1.68 bits per heavy atom. The van der Waals surface area contributed by atoms with E-state index >= 15 is 0 Å². The molecule has 3 aromatic carbocycles. The Kier molecular flexibility index (Phi) is 8.19. The second-order valence-corrected chi connectivity index (χ2v) is 8.41. The van der Waals surface area contributed by atoms with E-state index in [0.717, 1.165) is 11.1 Å². The summed E-state index contributed by atoms with van der Waals surface area (Å²) in [4.78, 5) is 23.5. The number of hydrogen-bond acceptors (Lipinski definition) is 4. The molecule has 0 spiro atoms. The van der Waals surface area contributed by atoms with Crippen molar-refractivity contribution in [3.05, 3.63) is 97.5 Å². The van der Waals surface area contributed by atoms with Crippen molar-refractivity contribution in [1.29, 1.82) is 5.26 Å². The van der Waals surface area contributed by atoms with Gasteiger partial charge < -0.3 is 15.2 Å². The molecule has 6 nitrogen and oxygen atoms in total. The number of hydrogen-bond donors (Lipinski definition) is 2. The molecule has 0 aliphatic rings. The number of benzene rings is 3. The summed E-state index contributed by atoms with van der Waals surface area (Å²) in [5.74, 6) is -1.41. The number of halogens is 3. The van der Waals surface area contributed by atoms with Crippen LogP contribution in [-0.2, 0) is 11.4 Å². The van der Waals surface area contributed by atoms with Crippen molar-refractivity contribution in [2.24, 2.45) is 0 Å². The molecule has 3 aromatic rings. The van der Waals surface area contributed by atoms with Crippen molar-refractivity contribution in [2.75, 3.05) is 5.32 Å². The number of nitrogens with zero attached hydrogens (tertiary/aromatic N) is 1. The van der Waals surface area contributed by atoms with Gasteiger partial charge in [-0.1, -0.05) is 53.0 Å². The van der Waals surface area contributed by atoms with Gasteiger partial charge in [-0.2, -0.15) is 5.26 Å². The van der Waals surface area contributed by atoms with Gasteiger partial charge in [0, 0.05) is 10.7 Å². The minimum Gasteiger partial charge on any atom is -0.486 e. The van der Waals surface area contributed by atoms with E-state index in [1.165, 1.54) is 30.3 Å². The van der Waals surface area contributed by atoms with Gasteiger partial charge in [0.05, 0.1) is 15.6 Å². The van der Waals surface area contributed by atoms with Crippen molar-refractivity contribution in [2.45, 2.75) is 13.5 Å². The van der Waals surface area contributed by atoms with E-state index in [1.54, 1.807) is 30.3 Å². The summed E-state index contributed by atoms with van der Waals surface area (Å²) >= 11 is 18.7. The molecule has 0 fully saturated rings. The van der Waals surface area contributed by atoms with Gasteiger partial charge in [0.25, 0.3) is 5.91 Å². The van der Waals surface area contributed by atoms with Crippen LogP contribution in [-0.4, -0.2) is 17.0 Å². The Balaban J connectivity index is 1.75. The summed E-state index contributed by atoms with van der Waals surface area (Å²) in [6.07, 6.45) is 1.36. The van der Waals surface area contributed by atoms with Crippen molar-refractivity contribution >= 4 is 58.4 Å². The highest BCUT2D eigenvalue weighted by Crippen LogP contribution is 2.35. The Labute approximate surface area is 210 Å². The number of carboxylic acids is 1. The number of anilines is 1. The van der Waals surface area contributed by atoms with Crippen LogP contribution in [0.1, 0.15) is 27.0 Å². The predicted molar refractivity (Wildman–Crippen MR) is 133 cm³/mol. The van der Waals surface area contributed by atoms with E-state index in [1.807, 2.05) is 13.0 Å². The van der Waals surface area contributed by atoms with Crippen LogP contribution in [0.25, 0.3) is 6.08 Å². The number of aryl methyl sites for hydroxylation is 1. The average Bonchev–Trinajstić information content (AvgIpc) is 2.79. The third kappa shape index (κ3) is 6.30. The molecule has 9 heteroatoms. The maximum atomic E-state index is 12.5. The molecule has 2 N–H and O–H groups in total. The highest BCUT2D eigenvalue weighted by atomic mass is 35.5. The zero-order chi connectivity index (χ0) is 24.8. The molecule has 0 aliphatic heterocycles. The third-order valence-electron chi connectivity index (χ3n) is 4.71. The molecule has 0 bridgehead atoms. The summed E-state index contributed by atoms with van der Waals surface area (Å²) in [5, 5.41) is 21.9. The molecule has 0 saturated heterocycles. The van der Waals surface area contributed by atoms with Crippen LogP contribution in [0.2, 0.25) is 15.1 Å². The van der Waals surface area contributed by atoms with Crippen LogP contribution in [0.15, 0.2) is 60.2 Å². The summed E-state index contributed by atoms with van der Waals surface area (Å²) < 4.78 is 5.70. The minimum absolute atomic E-state index is 0.111. The lowest BCUT2D eigenvalue weighted by Gasteiger charge is -2.11. The van der Waals surface area contributed by atoms with E-state index < -0.39 is 11.9 Å². The number of carboxylic acid groups (broad SMARTS) is 1. The molecule has 34 heavy (non-hydrogen) atoms. The highest BCUT2D eigenvalue weighted by Gasteiger charge is 2.14. The molecule has 0 atom stereocenters. The zero-order valence-electron chi connectivity index (χ0n) is 17.7. The van der Waals surface area contributed by atoms with Gasteiger partial charge in [-0.3, -0.25) is 4.79 Å². The van der Waals surface area contributed by atoms with Crippen molar-refractivity contribution in [1.82, 2.24) is 0 Å². The number of amides is 1. The smallest absolute Gasteiger partial charge is 0.335 e. The van der Waals surface area contributed by atoms with E-state index in [-0.39, 0.29) is 33.5 Å². The van der Waals surface area contributed by atoms with Crippen molar-refractivity contribution < 1.29 is 19.4 Å². The Morgan fingerprint density at radius 3 is 2.24 bits per heavy atom. The monoisotopic (exact) mass is 514 g/mol. The van der Waals surface area contributed by atoms with E-state index in [4.69, 9.17) is 44.6 Å². The van der Waals surface area contributed by atoms with Gasteiger partial charge in [-0.05, 0) is 66.1 Å². The molecule has 0 aromatic heterocycles. The lowest BCUT2D eigenvalue weighted by Crippen LogP contribution is -2.13. The second-order valence-electron chi connectivity index (χ2n) is 7.19. The Bertz CT molecular complexity index is 1310. The molecule has 3 rings (SSSR count). The molecule has 0 aliphatic carbocycles. The molecule has 0 unspecified atom stereocenters. The molecule has 0 saturated carbocycles. The number of ether oxygens (including phenoxy) is 1. The summed E-state index contributed by atoms with van der Waals surface area (Å²) in [6, 6.07) is 16.1. The van der Waals surface area contributed by atoms with Crippen LogP contribution in [0.5, 0.6) is 5.75 Å². The van der Waals surface area contributed by atoms with Gasteiger partial charge in [-0.25, -0.2) is 4.79 Å². The van der Waals surface area contributed by atoms with Crippen LogP contribution in [0, 0.1) is 18.3 Å². The van der Waals surface area contributed by atoms with Crippen LogP contribution in [0.4, 0.5) is 5.69 Å². The first kappa shape index (κ1) is 25.1. The predicted octanol–water partition coefficient (Wildman–Crippen LogP) is 6.78. The normalized spacial score (nSPS) is 11.0. The quantitative estimate of drug-likeness (QED) is 0.267. The maximum absolute atomic E-state index is 12.5. The first-order valence-electron chi connectivity index (χ1n) is 9.81. The molecule has 0 heterocycles. The fourth-order valence-electron chi connectivity index (χ4n) is 2.88. The fourth-order valence-corrected chi connectivity index (χ4v) is 3.68. The Morgan fingerprint density at radius 1 is 1.03 bits per heavy atom. The largest absolute Gasteiger partial charge is 0.486 e. The molecular formula is C25H17Cl3N2O4. The van der Waals surface area contributed by atoms with E-state index in [9.17, 15) is 14.9 Å². The molecule has 172 valence electrons. The summed E-state index contributed by atoms with van der Waals surface area (Å²) in [6.45, 7) is 1.95. The number of carbonyl (C=O) groups is 2. The number of aromatic carboxylic acids is 1. The summed E-state index contributed by atoms with van der Waals surface area (Å²) in [7, 11) is 0. The third-order valence-corrected chi connectivity index (χ3v) is 5.68. The SMILES string of the molecule is Cc1ccc(NC(=O)/C(C#N)=C\c2cc(Cl)c(OCc3ccc(C(=O)O)cc3)c(Cl)c2)cc1Cl.